The summed E-state index contributed by atoms with van der Waals surface area (Å²) in [6.45, 7) is 7.93. The summed E-state index contributed by atoms with van der Waals surface area (Å²) < 4.78 is 2.25. The molecule has 0 aliphatic carbocycles. The van der Waals surface area contributed by atoms with E-state index in [-0.39, 0.29) is 0 Å². The van der Waals surface area contributed by atoms with E-state index in [1.54, 1.807) is 0 Å². The van der Waals surface area contributed by atoms with E-state index in [1.165, 1.54) is 51.1 Å². The Morgan fingerprint density at radius 3 is 2.84 bits per heavy atom. The van der Waals surface area contributed by atoms with E-state index < -0.39 is 0 Å². The zero-order valence-corrected chi connectivity index (χ0v) is 12.0. The molecule has 1 atom stereocenters. The standard InChI is InChI=1S/C15H26N4/c1-2-19-11-8-17-15(19)12-18-9-5-13(6-10-18)14-4-3-7-16-14/h8,11,13-14,16H,2-7,9-10,12H2,1H3. The van der Waals surface area contributed by atoms with Crippen LogP contribution >= 0.6 is 0 Å². The minimum absolute atomic E-state index is 0.805. The van der Waals surface area contributed by atoms with E-state index in [4.69, 9.17) is 0 Å². The van der Waals surface area contributed by atoms with Crippen LogP contribution in [-0.4, -0.2) is 40.1 Å². The van der Waals surface area contributed by atoms with Crippen molar-refractivity contribution in [2.24, 2.45) is 5.92 Å². The first-order valence-electron chi connectivity index (χ1n) is 7.82. The van der Waals surface area contributed by atoms with E-state index in [9.17, 15) is 0 Å². The molecule has 1 unspecified atom stereocenters. The summed E-state index contributed by atoms with van der Waals surface area (Å²) in [5, 5.41) is 3.67. The van der Waals surface area contributed by atoms with E-state index in [2.05, 4.69) is 32.9 Å². The summed E-state index contributed by atoms with van der Waals surface area (Å²) in [4.78, 5) is 7.06. The Labute approximate surface area is 116 Å². The second-order valence-corrected chi connectivity index (χ2v) is 5.95. The van der Waals surface area contributed by atoms with Crippen LogP contribution in [0.25, 0.3) is 0 Å². The Kier molecular flexibility index (Phi) is 4.18. The smallest absolute Gasteiger partial charge is 0.122 e. The van der Waals surface area contributed by atoms with Gasteiger partial charge in [-0.2, -0.15) is 0 Å². The largest absolute Gasteiger partial charge is 0.334 e. The summed E-state index contributed by atoms with van der Waals surface area (Å²) in [6, 6.07) is 0.805. The van der Waals surface area contributed by atoms with Crippen LogP contribution in [0.15, 0.2) is 12.4 Å². The quantitative estimate of drug-likeness (QED) is 0.899. The summed E-state index contributed by atoms with van der Waals surface area (Å²) in [5.74, 6) is 2.13. The van der Waals surface area contributed by atoms with Crippen LogP contribution in [-0.2, 0) is 13.1 Å². The topological polar surface area (TPSA) is 33.1 Å². The molecule has 2 saturated heterocycles. The Hall–Kier alpha value is -0.870. The van der Waals surface area contributed by atoms with Gasteiger partial charge in [0.1, 0.15) is 5.82 Å². The van der Waals surface area contributed by atoms with Gasteiger partial charge in [0.2, 0.25) is 0 Å². The fraction of sp³-hybridized carbons (Fsp3) is 0.800. The van der Waals surface area contributed by atoms with E-state index >= 15 is 0 Å². The number of hydrogen-bond donors (Lipinski definition) is 1. The second-order valence-electron chi connectivity index (χ2n) is 5.95. The highest BCUT2D eigenvalue weighted by Gasteiger charge is 2.28. The third-order valence-electron chi connectivity index (χ3n) is 4.81. The Morgan fingerprint density at radius 2 is 2.16 bits per heavy atom. The van der Waals surface area contributed by atoms with Crippen molar-refractivity contribution in [3.63, 3.8) is 0 Å². The molecule has 0 saturated carbocycles. The molecule has 0 spiro atoms. The van der Waals surface area contributed by atoms with Gasteiger partial charge in [0.15, 0.2) is 0 Å². The zero-order chi connectivity index (χ0) is 13.1. The van der Waals surface area contributed by atoms with Gasteiger partial charge in [0.05, 0.1) is 6.54 Å². The molecule has 1 N–H and O–H groups in total. The molecule has 4 nitrogen and oxygen atoms in total. The van der Waals surface area contributed by atoms with Crippen molar-refractivity contribution in [3.8, 4) is 0 Å². The number of aryl methyl sites for hydroxylation is 1. The molecule has 2 aliphatic rings. The molecule has 0 radical (unpaired) electrons. The van der Waals surface area contributed by atoms with Crippen molar-refractivity contribution in [2.45, 2.75) is 51.7 Å². The summed E-state index contributed by atoms with van der Waals surface area (Å²) in [5.41, 5.74) is 0. The Morgan fingerprint density at radius 1 is 1.32 bits per heavy atom. The number of nitrogens with zero attached hydrogens (tertiary/aromatic N) is 3. The van der Waals surface area contributed by atoms with Crippen LogP contribution in [0.5, 0.6) is 0 Å². The molecule has 4 heteroatoms. The Balaban J connectivity index is 1.50. The predicted octanol–water partition coefficient (Wildman–Crippen LogP) is 1.87. The van der Waals surface area contributed by atoms with Crippen LogP contribution < -0.4 is 5.32 Å². The average molecular weight is 262 g/mol. The van der Waals surface area contributed by atoms with Crippen molar-refractivity contribution in [1.29, 1.82) is 0 Å². The first-order chi connectivity index (χ1) is 9.36. The van der Waals surface area contributed by atoms with Crippen molar-refractivity contribution >= 4 is 0 Å². The van der Waals surface area contributed by atoms with Crippen LogP contribution in [0.4, 0.5) is 0 Å². The lowest BCUT2D eigenvalue weighted by molar-refractivity contribution is 0.153. The van der Waals surface area contributed by atoms with Gasteiger partial charge in [-0.1, -0.05) is 0 Å². The minimum atomic E-state index is 0.805. The summed E-state index contributed by atoms with van der Waals surface area (Å²) in [7, 11) is 0. The van der Waals surface area contributed by atoms with Gasteiger partial charge in [-0.25, -0.2) is 4.98 Å². The fourth-order valence-electron chi connectivity index (χ4n) is 3.61. The zero-order valence-electron chi connectivity index (χ0n) is 12.0. The molecule has 1 aromatic heterocycles. The lowest BCUT2D eigenvalue weighted by atomic mass is 9.88. The highest BCUT2D eigenvalue weighted by Crippen LogP contribution is 2.26. The van der Waals surface area contributed by atoms with Gasteiger partial charge >= 0.3 is 0 Å². The second kappa shape index (κ2) is 6.06. The van der Waals surface area contributed by atoms with E-state index in [1.807, 2.05) is 6.20 Å². The number of nitrogens with one attached hydrogen (secondary N) is 1. The first-order valence-corrected chi connectivity index (χ1v) is 7.82. The number of hydrogen-bond acceptors (Lipinski definition) is 3. The van der Waals surface area contributed by atoms with E-state index in [0.717, 1.165) is 25.0 Å². The maximum Gasteiger partial charge on any atom is 0.122 e. The van der Waals surface area contributed by atoms with Crippen LogP contribution in [0.1, 0.15) is 38.4 Å². The SMILES string of the molecule is CCn1ccnc1CN1CCC(C2CCCN2)CC1. The maximum atomic E-state index is 4.49. The average Bonchev–Trinajstić information content (AvgIpc) is 3.10. The maximum absolute atomic E-state index is 4.49. The first kappa shape index (κ1) is 13.1. The molecular formula is C15H26N4. The number of piperidine rings is 1. The van der Waals surface area contributed by atoms with Gasteiger partial charge in [0, 0.05) is 25.0 Å². The molecule has 0 bridgehead atoms. The monoisotopic (exact) mass is 262 g/mol. The van der Waals surface area contributed by atoms with Crippen molar-refractivity contribution in [2.75, 3.05) is 19.6 Å². The summed E-state index contributed by atoms with van der Waals surface area (Å²) in [6.07, 6.45) is 9.48. The van der Waals surface area contributed by atoms with Crippen LogP contribution in [0, 0.1) is 5.92 Å². The number of imidazole rings is 1. The minimum Gasteiger partial charge on any atom is -0.334 e. The van der Waals surface area contributed by atoms with Gasteiger partial charge in [-0.05, 0) is 58.2 Å². The third-order valence-corrected chi connectivity index (χ3v) is 4.81. The van der Waals surface area contributed by atoms with E-state index in [0.29, 0.717) is 0 Å². The van der Waals surface area contributed by atoms with Crippen molar-refractivity contribution in [3.05, 3.63) is 18.2 Å². The van der Waals surface area contributed by atoms with Gasteiger partial charge < -0.3 is 9.88 Å². The Bertz CT molecular complexity index is 387. The molecular weight excluding hydrogens is 236 g/mol. The van der Waals surface area contributed by atoms with Crippen LogP contribution in [0.2, 0.25) is 0 Å². The predicted molar refractivity (Wildman–Crippen MR) is 76.9 cm³/mol. The molecule has 2 fully saturated rings. The molecule has 19 heavy (non-hydrogen) atoms. The fourth-order valence-corrected chi connectivity index (χ4v) is 3.61. The van der Waals surface area contributed by atoms with Crippen molar-refractivity contribution in [1.82, 2.24) is 19.8 Å². The summed E-state index contributed by atoms with van der Waals surface area (Å²) >= 11 is 0. The van der Waals surface area contributed by atoms with Crippen LogP contribution in [0.3, 0.4) is 0 Å². The molecule has 106 valence electrons. The lowest BCUT2D eigenvalue weighted by Gasteiger charge is -2.34. The number of rotatable bonds is 4. The third kappa shape index (κ3) is 3.00. The number of likely N-dealkylation sites (tertiary alicyclic amines) is 1. The normalized spacial score (nSPS) is 26.1. The van der Waals surface area contributed by atoms with Gasteiger partial charge in [0.25, 0.3) is 0 Å². The lowest BCUT2D eigenvalue weighted by Crippen LogP contribution is -2.40. The van der Waals surface area contributed by atoms with Gasteiger partial charge in [-0.3, -0.25) is 4.90 Å². The molecule has 0 aromatic carbocycles. The molecule has 0 amide bonds. The molecule has 3 heterocycles. The highest BCUT2D eigenvalue weighted by atomic mass is 15.2. The molecule has 2 aliphatic heterocycles. The highest BCUT2D eigenvalue weighted by molar-refractivity contribution is 4.93. The number of aromatic nitrogens is 2. The van der Waals surface area contributed by atoms with Gasteiger partial charge in [-0.15, -0.1) is 0 Å². The molecule has 3 rings (SSSR count). The van der Waals surface area contributed by atoms with Crippen molar-refractivity contribution < 1.29 is 0 Å². The molecule has 1 aromatic rings.